The Hall–Kier alpha value is -3.49. The highest BCUT2D eigenvalue weighted by molar-refractivity contribution is 7.20. The van der Waals surface area contributed by atoms with Crippen molar-refractivity contribution in [1.29, 1.82) is 0 Å². The molecule has 3 heterocycles. The summed E-state index contributed by atoms with van der Waals surface area (Å²) in [4.78, 5) is 29.5. The van der Waals surface area contributed by atoms with Crippen LogP contribution < -0.4 is 10.1 Å². The number of carbonyl (C=O) groups excluding carboxylic acids is 1. The Morgan fingerprint density at radius 1 is 1.18 bits per heavy atom. The summed E-state index contributed by atoms with van der Waals surface area (Å²) in [6, 6.07) is 11.2. The maximum atomic E-state index is 12.6. The topological polar surface area (TPSA) is 80.2 Å². The zero-order chi connectivity index (χ0) is 23.7. The predicted molar refractivity (Wildman–Crippen MR) is 136 cm³/mol. The van der Waals surface area contributed by atoms with Crippen LogP contribution in [0.3, 0.4) is 0 Å². The number of nitrogens with one attached hydrogen (secondary N) is 1. The van der Waals surface area contributed by atoms with Crippen LogP contribution in [0.25, 0.3) is 15.8 Å². The average molecular weight is 492 g/mol. The number of ether oxygens (including phenoxy) is 1. The van der Waals surface area contributed by atoms with Crippen LogP contribution in [0.2, 0.25) is 5.02 Å². The number of Topliss-reactive ketones (excluding diaryl/α,β-unsaturated/α-hetero) is 1. The summed E-state index contributed by atoms with van der Waals surface area (Å²) in [5.41, 5.74) is 3.45. The van der Waals surface area contributed by atoms with E-state index < -0.39 is 0 Å². The summed E-state index contributed by atoms with van der Waals surface area (Å²) >= 11 is 8.02. The van der Waals surface area contributed by atoms with Gasteiger partial charge in [0.25, 0.3) is 0 Å². The van der Waals surface area contributed by atoms with Crippen LogP contribution in [0.4, 0.5) is 11.5 Å². The number of hydrogen-bond acceptors (Lipinski definition) is 8. The molecular weight excluding hydrogens is 470 g/mol. The lowest BCUT2D eigenvalue weighted by molar-refractivity contribution is -0.113. The summed E-state index contributed by atoms with van der Waals surface area (Å²) in [6.07, 6.45) is 6.30. The second-order valence-corrected chi connectivity index (χ2v) is 9.53. The van der Waals surface area contributed by atoms with Gasteiger partial charge in [0.05, 0.1) is 21.7 Å². The van der Waals surface area contributed by atoms with E-state index in [0.717, 1.165) is 37.6 Å². The van der Waals surface area contributed by atoms with Crippen LogP contribution in [-0.4, -0.2) is 39.7 Å². The summed E-state index contributed by atoms with van der Waals surface area (Å²) in [5.74, 6) is 1.43. The monoisotopic (exact) mass is 491 g/mol. The molecule has 0 amide bonds. The minimum absolute atomic E-state index is 0.156. The smallest absolute Gasteiger partial charge is 0.166 e. The van der Waals surface area contributed by atoms with Gasteiger partial charge in [-0.3, -0.25) is 9.78 Å². The molecule has 1 N–H and O–H groups in total. The van der Waals surface area contributed by atoms with E-state index in [1.165, 1.54) is 17.7 Å². The van der Waals surface area contributed by atoms with Crippen molar-refractivity contribution in [1.82, 2.24) is 19.9 Å². The molecule has 34 heavy (non-hydrogen) atoms. The van der Waals surface area contributed by atoms with Gasteiger partial charge in [-0.1, -0.05) is 17.7 Å². The minimum atomic E-state index is 0.156. The number of rotatable bonds is 6. The molecule has 1 aliphatic rings. The van der Waals surface area contributed by atoms with E-state index in [-0.39, 0.29) is 5.78 Å². The van der Waals surface area contributed by atoms with E-state index in [4.69, 9.17) is 16.3 Å². The third-order valence-corrected chi connectivity index (χ3v) is 6.89. The van der Waals surface area contributed by atoms with Gasteiger partial charge < -0.3 is 15.0 Å². The number of fused-ring (bicyclic) bond motifs is 3. The lowest BCUT2D eigenvalue weighted by atomic mass is 9.92. The van der Waals surface area contributed by atoms with Crippen molar-refractivity contribution < 1.29 is 9.53 Å². The first-order chi connectivity index (χ1) is 16.5. The highest BCUT2D eigenvalue weighted by Gasteiger charge is 2.28. The van der Waals surface area contributed by atoms with Crippen LogP contribution >= 0.6 is 22.9 Å². The summed E-state index contributed by atoms with van der Waals surface area (Å²) in [7, 11) is 3.84. The summed E-state index contributed by atoms with van der Waals surface area (Å²) in [5, 5.41) is 4.82. The van der Waals surface area contributed by atoms with Gasteiger partial charge >= 0.3 is 0 Å². The van der Waals surface area contributed by atoms with E-state index in [2.05, 4.69) is 20.3 Å². The molecule has 0 saturated carbocycles. The molecule has 0 spiro atoms. The predicted octanol–water partition coefficient (Wildman–Crippen LogP) is 5.48. The van der Waals surface area contributed by atoms with Crippen molar-refractivity contribution in [3.63, 3.8) is 0 Å². The number of anilines is 2. The number of aromatic nitrogens is 3. The van der Waals surface area contributed by atoms with Crippen molar-refractivity contribution in [3.8, 4) is 5.75 Å². The molecule has 5 rings (SSSR count). The first kappa shape index (κ1) is 22.3. The highest BCUT2D eigenvalue weighted by Crippen LogP contribution is 2.42. The second kappa shape index (κ2) is 9.40. The van der Waals surface area contributed by atoms with E-state index in [9.17, 15) is 4.79 Å². The van der Waals surface area contributed by atoms with Gasteiger partial charge in [0.2, 0.25) is 0 Å². The quantitative estimate of drug-likeness (QED) is 0.358. The standard InChI is InChI=1S/C25H22ClN5O2S/c1-31(2)12-18-20(32)8-7-17-22-24(28-14-29-25(22)34-23(17)18)30-15-6-9-21(19(26)11-15)33-13-16-5-3-4-10-27-16/h3-6,9-12,14H,7-8,13H2,1-2H3,(H,28,29,30). The molecule has 0 fully saturated rings. The Labute approximate surface area is 206 Å². The Morgan fingerprint density at radius 2 is 2.06 bits per heavy atom. The van der Waals surface area contributed by atoms with Gasteiger partial charge in [-0.25, -0.2) is 9.97 Å². The Bertz CT molecular complexity index is 1400. The molecular formula is C25H22ClN5O2S. The van der Waals surface area contributed by atoms with Gasteiger partial charge in [-0.05, 0) is 42.3 Å². The van der Waals surface area contributed by atoms with Crippen molar-refractivity contribution in [2.45, 2.75) is 19.4 Å². The Morgan fingerprint density at radius 3 is 2.82 bits per heavy atom. The molecule has 9 heteroatoms. The second-order valence-electron chi connectivity index (χ2n) is 8.12. The number of hydrogen-bond donors (Lipinski definition) is 1. The van der Waals surface area contributed by atoms with Crippen molar-refractivity contribution >= 4 is 56.0 Å². The SMILES string of the molecule is CN(C)C=C1C(=O)CCc2c1sc1ncnc(Nc3ccc(OCc4ccccn4)c(Cl)c3)c21. The van der Waals surface area contributed by atoms with Gasteiger partial charge in [-0.2, -0.15) is 0 Å². The van der Waals surface area contributed by atoms with Crippen LogP contribution in [-0.2, 0) is 17.8 Å². The number of ketones is 1. The number of allylic oxidation sites excluding steroid dienone is 1. The molecule has 0 saturated heterocycles. The first-order valence-corrected chi connectivity index (χ1v) is 12.0. The maximum absolute atomic E-state index is 12.6. The lowest BCUT2D eigenvalue weighted by Crippen LogP contribution is -2.14. The Kier molecular flexibility index (Phi) is 6.17. The molecule has 0 unspecified atom stereocenters. The van der Waals surface area contributed by atoms with Gasteiger partial charge in [0.1, 0.15) is 29.3 Å². The first-order valence-electron chi connectivity index (χ1n) is 10.8. The molecule has 4 aromatic rings. The number of carbonyl (C=O) groups is 1. The van der Waals surface area contributed by atoms with Crippen molar-refractivity contribution in [3.05, 3.63) is 76.3 Å². The molecule has 7 nitrogen and oxygen atoms in total. The Balaban J connectivity index is 1.43. The fourth-order valence-corrected chi connectivity index (χ4v) is 5.35. The number of pyridine rings is 1. The van der Waals surface area contributed by atoms with Crippen LogP contribution in [0.1, 0.15) is 22.6 Å². The number of nitrogens with zero attached hydrogens (tertiary/aromatic N) is 4. The van der Waals surface area contributed by atoms with E-state index in [1.54, 1.807) is 6.20 Å². The average Bonchev–Trinajstić information content (AvgIpc) is 3.21. The normalized spacial score (nSPS) is 14.3. The summed E-state index contributed by atoms with van der Waals surface area (Å²) in [6.45, 7) is 0.336. The number of benzene rings is 1. The largest absolute Gasteiger partial charge is 0.486 e. The molecule has 172 valence electrons. The number of aryl methyl sites for hydroxylation is 1. The fraction of sp³-hybridized carbons (Fsp3) is 0.200. The van der Waals surface area contributed by atoms with Crippen LogP contribution in [0, 0.1) is 0 Å². The number of halogens is 1. The van der Waals surface area contributed by atoms with Gasteiger partial charge in [-0.15, -0.1) is 11.3 Å². The van der Waals surface area contributed by atoms with E-state index in [1.807, 2.05) is 61.6 Å². The molecule has 3 aromatic heterocycles. The molecule has 1 aliphatic carbocycles. The lowest BCUT2D eigenvalue weighted by Gasteiger charge is -2.17. The molecule has 0 bridgehead atoms. The molecule has 0 atom stereocenters. The van der Waals surface area contributed by atoms with E-state index >= 15 is 0 Å². The summed E-state index contributed by atoms with van der Waals surface area (Å²) < 4.78 is 5.83. The van der Waals surface area contributed by atoms with Crippen molar-refractivity contribution in [2.75, 3.05) is 19.4 Å². The minimum Gasteiger partial charge on any atom is -0.486 e. The fourth-order valence-electron chi connectivity index (χ4n) is 3.90. The number of thiophene rings is 1. The molecule has 0 aliphatic heterocycles. The third kappa shape index (κ3) is 4.47. The van der Waals surface area contributed by atoms with Gasteiger partial charge in [0.15, 0.2) is 5.78 Å². The zero-order valence-corrected chi connectivity index (χ0v) is 20.3. The zero-order valence-electron chi connectivity index (χ0n) is 18.7. The van der Waals surface area contributed by atoms with Gasteiger partial charge in [0, 0.05) is 43.5 Å². The molecule has 1 aromatic carbocycles. The highest BCUT2D eigenvalue weighted by atomic mass is 35.5. The maximum Gasteiger partial charge on any atom is 0.166 e. The van der Waals surface area contributed by atoms with Crippen LogP contribution in [0.5, 0.6) is 5.75 Å². The van der Waals surface area contributed by atoms with Crippen molar-refractivity contribution in [2.24, 2.45) is 0 Å². The van der Waals surface area contributed by atoms with Crippen LogP contribution in [0.15, 0.2) is 55.1 Å². The third-order valence-electron chi connectivity index (χ3n) is 5.42. The van der Waals surface area contributed by atoms with E-state index in [0.29, 0.717) is 36.0 Å². The molecule has 0 radical (unpaired) electrons.